The zero-order chi connectivity index (χ0) is 16.8. The van der Waals surface area contributed by atoms with Crippen molar-refractivity contribution >= 4 is 28.4 Å². The summed E-state index contributed by atoms with van der Waals surface area (Å²) in [4.78, 5) is 15.1. The van der Waals surface area contributed by atoms with Gasteiger partial charge in [-0.2, -0.15) is 0 Å². The molecule has 0 atom stereocenters. The molecule has 0 fully saturated rings. The minimum atomic E-state index is 0.0479. The highest BCUT2D eigenvalue weighted by molar-refractivity contribution is 6.31. The molecule has 0 saturated heterocycles. The van der Waals surface area contributed by atoms with Crippen molar-refractivity contribution < 1.29 is 4.79 Å². The van der Waals surface area contributed by atoms with Gasteiger partial charge in [0.05, 0.1) is 11.2 Å². The second-order valence-electron chi connectivity index (χ2n) is 6.58. The van der Waals surface area contributed by atoms with Crippen molar-refractivity contribution in [1.29, 1.82) is 0 Å². The summed E-state index contributed by atoms with van der Waals surface area (Å²) in [7, 11) is 4.17. The van der Waals surface area contributed by atoms with Crippen LogP contribution in [0.1, 0.15) is 22.3 Å². The van der Waals surface area contributed by atoms with Crippen LogP contribution in [0.3, 0.4) is 0 Å². The number of carbonyl (C=O) groups excluding carboxylic acids is 1. The van der Waals surface area contributed by atoms with E-state index in [9.17, 15) is 4.79 Å². The van der Waals surface area contributed by atoms with Gasteiger partial charge in [-0.3, -0.25) is 9.36 Å². The van der Waals surface area contributed by atoms with E-state index in [1.165, 1.54) is 5.56 Å². The quantitative estimate of drug-likeness (QED) is 0.549. The van der Waals surface area contributed by atoms with Crippen LogP contribution in [0.25, 0.3) is 22.2 Å². The normalized spacial score (nSPS) is 12.9. The zero-order valence-corrected chi connectivity index (χ0v) is 14.6. The molecule has 0 radical (unpaired) electrons. The van der Waals surface area contributed by atoms with Crippen LogP contribution in [-0.4, -0.2) is 36.0 Å². The molecule has 2 aromatic carbocycles. The molecule has 0 bridgehead atoms. The van der Waals surface area contributed by atoms with E-state index in [-0.39, 0.29) is 5.91 Å². The first-order valence-electron chi connectivity index (χ1n) is 8.19. The van der Waals surface area contributed by atoms with Crippen LogP contribution >= 0.6 is 11.6 Å². The Morgan fingerprint density at radius 2 is 1.83 bits per heavy atom. The number of hydrogen-bond donors (Lipinski definition) is 0. The number of carbonyl (C=O) groups is 1. The van der Waals surface area contributed by atoms with Gasteiger partial charge in [0.25, 0.3) is 5.91 Å². The summed E-state index contributed by atoms with van der Waals surface area (Å²) in [5.74, 6) is 0.0479. The van der Waals surface area contributed by atoms with Gasteiger partial charge in [-0.15, -0.1) is 0 Å². The van der Waals surface area contributed by atoms with E-state index in [0.717, 1.165) is 47.1 Å². The highest BCUT2D eigenvalue weighted by Gasteiger charge is 2.31. The number of nitrogens with zero attached hydrogens (tertiary/aromatic N) is 2. The molecule has 122 valence electrons. The molecule has 0 amide bonds. The number of hydrogen-bond acceptors (Lipinski definition) is 2. The van der Waals surface area contributed by atoms with E-state index >= 15 is 0 Å². The minimum absolute atomic E-state index is 0.0479. The molecule has 24 heavy (non-hydrogen) atoms. The van der Waals surface area contributed by atoms with Crippen LogP contribution in [-0.2, 0) is 6.42 Å². The Balaban J connectivity index is 1.94. The highest BCUT2D eigenvalue weighted by atomic mass is 35.5. The van der Waals surface area contributed by atoms with Gasteiger partial charge in [-0.05, 0) is 57.2 Å². The summed E-state index contributed by atoms with van der Waals surface area (Å²) in [5, 5.41) is 1.79. The van der Waals surface area contributed by atoms with Crippen LogP contribution in [0.4, 0.5) is 0 Å². The Hall–Kier alpha value is -2.10. The van der Waals surface area contributed by atoms with E-state index in [4.69, 9.17) is 11.6 Å². The maximum absolute atomic E-state index is 12.9. The summed E-state index contributed by atoms with van der Waals surface area (Å²) in [6, 6.07) is 13.7. The summed E-state index contributed by atoms with van der Waals surface area (Å²) in [6.07, 6.45) is 2.00. The molecule has 3 nitrogen and oxygen atoms in total. The van der Waals surface area contributed by atoms with Crippen LogP contribution in [0.5, 0.6) is 0 Å². The Labute approximate surface area is 146 Å². The van der Waals surface area contributed by atoms with E-state index in [2.05, 4.69) is 19.0 Å². The largest absolute Gasteiger partial charge is 0.309 e. The monoisotopic (exact) mass is 338 g/mol. The molecule has 1 aromatic heterocycles. The topological polar surface area (TPSA) is 25.2 Å². The van der Waals surface area contributed by atoms with Gasteiger partial charge >= 0.3 is 0 Å². The molecule has 0 spiro atoms. The SMILES string of the molecule is CN(C)CCCc1c2n(c3cc(Cl)ccc13)C(=O)c1ccccc1-2. The fourth-order valence-corrected chi connectivity index (χ4v) is 3.81. The highest BCUT2D eigenvalue weighted by Crippen LogP contribution is 2.42. The van der Waals surface area contributed by atoms with Crippen molar-refractivity contribution in [2.24, 2.45) is 0 Å². The van der Waals surface area contributed by atoms with Gasteiger partial charge in [-0.25, -0.2) is 0 Å². The van der Waals surface area contributed by atoms with Gasteiger partial charge in [0, 0.05) is 21.5 Å². The third kappa shape index (κ3) is 2.27. The maximum atomic E-state index is 12.9. The van der Waals surface area contributed by atoms with Gasteiger partial charge in [0.15, 0.2) is 0 Å². The number of aryl methyl sites for hydroxylation is 1. The van der Waals surface area contributed by atoms with E-state index in [1.54, 1.807) is 0 Å². The second-order valence-corrected chi connectivity index (χ2v) is 7.02. The summed E-state index contributed by atoms with van der Waals surface area (Å²) < 4.78 is 1.84. The lowest BCUT2D eigenvalue weighted by molar-refractivity contribution is 0.0973. The first-order chi connectivity index (χ1) is 11.6. The minimum Gasteiger partial charge on any atom is -0.309 e. The van der Waals surface area contributed by atoms with Crippen molar-refractivity contribution in [3.8, 4) is 11.3 Å². The fourth-order valence-electron chi connectivity index (χ4n) is 3.64. The molecular weight excluding hydrogens is 320 g/mol. The predicted molar refractivity (Wildman–Crippen MR) is 99.0 cm³/mol. The fraction of sp³-hybridized carbons (Fsp3) is 0.250. The third-order valence-corrected chi connectivity index (χ3v) is 4.92. The first kappa shape index (κ1) is 15.4. The van der Waals surface area contributed by atoms with Crippen LogP contribution < -0.4 is 0 Å². The van der Waals surface area contributed by atoms with Gasteiger partial charge in [0.1, 0.15) is 0 Å². The average molecular weight is 339 g/mol. The molecule has 2 heterocycles. The molecule has 0 N–H and O–H groups in total. The molecule has 0 aliphatic carbocycles. The number of benzene rings is 2. The molecule has 3 aromatic rings. The van der Waals surface area contributed by atoms with Gasteiger partial charge in [-0.1, -0.05) is 35.9 Å². The lowest BCUT2D eigenvalue weighted by atomic mass is 9.99. The standard InChI is InChI=1S/C20H19ClN2O/c1-22(2)11-5-8-15-14-10-9-13(21)12-18(14)23-19(15)16-6-3-4-7-17(16)20(23)24/h3-4,6-7,9-10,12H,5,8,11H2,1-2H3. The van der Waals surface area contributed by atoms with Crippen molar-refractivity contribution in [3.05, 3.63) is 58.6 Å². The maximum Gasteiger partial charge on any atom is 0.263 e. The molecule has 1 aliphatic rings. The van der Waals surface area contributed by atoms with Gasteiger partial charge < -0.3 is 4.90 Å². The molecule has 4 heteroatoms. The third-order valence-electron chi connectivity index (χ3n) is 4.68. The van der Waals surface area contributed by atoms with Crippen LogP contribution in [0, 0.1) is 0 Å². The van der Waals surface area contributed by atoms with Crippen molar-refractivity contribution in [3.63, 3.8) is 0 Å². The number of aromatic nitrogens is 1. The van der Waals surface area contributed by atoms with E-state index < -0.39 is 0 Å². The van der Waals surface area contributed by atoms with Gasteiger partial charge in [0.2, 0.25) is 0 Å². The summed E-state index contributed by atoms with van der Waals surface area (Å²) >= 11 is 6.20. The molecule has 0 saturated carbocycles. The Morgan fingerprint density at radius 3 is 2.58 bits per heavy atom. The Morgan fingerprint density at radius 1 is 1.08 bits per heavy atom. The lowest BCUT2D eigenvalue weighted by Gasteiger charge is -2.09. The second kappa shape index (κ2) is 5.76. The van der Waals surface area contributed by atoms with Crippen molar-refractivity contribution in [2.45, 2.75) is 12.8 Å². The van der Waals surface area contributed by atoms with Crippen molar-refractivity contribution in [2.75, 3.05) is 20.6 Å². The van der Waals surface area contributed by atoms with Crippen molar-refractivity contribution in [1.82, 2.24) is 9.47 Å². The zero-order valence-electron chi connectivity index (χ0n) is 13.8. The van der Waals surface area contributed by atoms with Crippen LogP contribution in [0.2, 0.25) is 5.02 Å². The first-order valence-corrected chi connectivity index (χ1v) is 8.57. The molecular formula is C20H19ClN2O. The predicted octanol–water partition coefficient (Wildman–Crippen LogP) is 4.46. The molecule has 1 aliphatic heterocycles. The number of halogens is 1. The van der Waals surface area contributed by atoms with E-state index in [0.29, 0.717) is 5.02 Å². The summed E-state index contributed by atoms with van der Waals surface area (Å²) in [6.45, 7) is 1.02. The van der Waals surface area contributed by atoms with Crippen LogP contribution in [0.15, 0.2) is 42.5 Å². The average Bonchev–Trinajstić information content (AvgIpc) is 3.02. The lowest BCUT2D eigenvalue weighted by Crippen LogP contribution is -2.13. The smallest absolute Gasteiger partial charge is 0.263 e. The van der Waals surface area contributed by atoms with E-state index in [1.807, 2.05) is 47.0 Å². The molecule has 0 unspecified atom stereocenters. The Bertz CT molecular complexity index is 956. The number of fused-ring (bicyclic) bond motifs is 5. The Kier molecular flexibility index (Phi) is 3.70. The number of rotatable bonds is 4. The molecule has 4 rings (SSSR count). The summed E-state index contributed by atoms with van der Waals surface area (Å²) in [5.41, 5.74) is 5.03.